The zero-order chi connectivity index (χ0) is 11.5. The standard InChI is InChI=1S/C11H10N4O/c1-8-5-11(15(2)14-8)16-10-7-13-4-3-9(10)6-12/h3-5,7H,1-2H3. The van der Waals surface area contributed by atoms with E-state index in [4.69, 9.17) is 10.00 Å². The lowest BCUT2D eigenvalue weighted by molar-refractivity contribution is 0.427. The van der Waals surface area contributed by atoms with E-state index in [9.17, 15) is 0 Å². The van der Waals surface area contributed by atoms with Crippen molar-refractivity contribution in [2.45, 2.75) is 6.92 Å². The van der Waals surface area contributed by atoms with Crippen LogP contribution >= 0.6 is 0 Å². The lowest BCUT2D eigenvalue weighted by atomic mass is 10.3. The van der Waals surface area contributed by atoms with Crippen molar-refractivity contribution in [1.29, 1.82) is 5.26 Å². The van der Waals surface area contributed by atoms with Gasteiger partial charge in [0.2, 0.25) is 5.88 Å². The first-order valence-electron chi connectivity index (χ1n) is 4.73. The Morgan fingerprint density at radius 3 is 2.94 bits per heavy atom. The number of aromatic nitrogens is 3. The maximum absolute atomic E-state index is 8.89. The predicted octanol–water partition coefficient (Wildman–Crippen LogP) is 1.79. The summed E-state index contributed by atoms with van der Waals surface area (Å²) in [6, 6.07) is 5.46. The minimum atomic E-state index is 0.438. The SMILES string of the molecule is Cc1cc(Oc2cnccc2C#N)n(C)n1. The van der Waals surface area contributed by atoms with Gasteiger partial charge < -0.3 is 4.74 Å². The highest BCUT2D eigenvalue weighted by Gasteiger charge is 2.08. The quantitative estimate of drug-likeness (QED) is 0.764. The average Bonchev–Trinajstić information content (AvgIpc) is 2.58. The first kappa shape index (κ1) is 10.2. The van der Waals surface area contributed by atoms with Gasteiger partial charge in [0.05, 0.1) is 17.5 Å². The fraction of sp³-hybridized carbons (Fsp3) is 0.182. The summed E-state index contributed by atoms with van der Waals surface area (Å²) < 4.78 is 7.18. The molecular weight excluding hydrogens is 204 g/mol. The molecule has 0 radical (unpaired) electrons. The molecule has 0 saturated heterocycles. The minimum Gasteiger partial charge on any atom is -0.436 e. The van der Waals surface area contributed by atoms with Gasteiger partial charge in [-0.05, 0) is 13.0 Å². The van der Waals surface area contributed by atoms with E-state index in [0.717, 1.165) is 5.69 Å². The lowest BCUT2D eigenvalue weighted by Crippen LogP contribution is -1.96. The van der Waals surface area contributed by atoms with Crippen molar-refractivity contribution >= 4 is 0 Å². The molecule has 0 bridgehead atoms. The smallest absolute Gasteiger partial charge is 0.217 e. The topological polar surface area (TPSA) is 63.7 Å². The number of nitriles is 1. The minimum absolute atomic E-state index is 0.438. The zero-order valence-corrected chi connectivity index (χ0v) is 9.01. The van der Waals surface area contributed by atoms with Gasteiger partial charge in [-0.2, -0.15) is 10.4 Å². The second-order valence-electron chi connectivity index (χ2n) is 3.33. The Hall–Kier alpha value is -2.35. The maximum atomic E-state index is 8.89. The molecule has 2 aromatic heterocycles. The summed E-state index contributed by atoms with van der Waals surface area (Å²) in [6.45, 7) is 1.88. The maximum Gasteiger partial charge on any atom is 0.217 e. The molecule has 0 aliphatic rings. The molecule has 2 heterocycles. The zero-order valence-electron chi connectivity index (χ0n) is 9.01. The predicted molar refractivity (Wildman–Crippen MR) is 57.0 cm³/mol. The molecule has 16 heavy (non-hydrogen) atoms. The van der Waals surface area contributed by atoms with Gasteiger partial charge in [-0.25, -0.2) is 4.68 Å². The van der Waals surface area contributed by atoms with Gasteiger partial charge in [0.25, 0.3) is 0 Å². The molecule has 2 rings (SSSR count). The van der Waals surface area contributed by atoms with Crippen LogP contribution in [0.1, 0.15) is 11.3 Å². The Morgan fingerprint density at radius 2 is 2.31 bits per heavy atom. The summed E-state index contributed by atoms with van der Waals surface area (Å²) in [6.07, 6.45) is 3.07. The second-order valence-corrected chi connectivity index (χ2v) is 3.33. The third-order valence-electron chi connectivity index (χ3n) is 2.08. The van der Waals surface area contributed by atoms with Crippen LogP contribution in [-0.4, -0.2) is 14.8 Å². The van der Waals surface area contributed by atoms with E-state index >= 15 is 0 Å². The highest BCUT2D eigenvalue weighted by Crippen LogP contribution is 2.23. The number of ether oxygens (including phenoxy) is 1. The summed E-state index contributed by atoms with van der Waals surface area (Å²) in [5.74, 6) is 1.02. The van der Waals surface area contributed by atoms with E-state index < -0.39 is 0 Å². The third-order valence-corrected chi connectivity index (χ3v) is 2.08. The number of nitrogens with zero attached hydrogens (tertiary/aromatic N) is 4. The summed E-state index contributed by atoms with van der Waals surface area (Å²) in [5.41, 5.74) is 1.31. The van der Waals surface area contributed by atoms with Crippen LogP contribution in [0.4, 0.5) is 0 Å². The van der Waals surface area contributed by atoms with Crippen molar-refractivity contribution in [2.75, 3.05) is 0 Å². The van der Waals surface area contributed by atoms with E-state index in [1.54, 1.807) is 30.1 Å². The Kier molecular flexibility index (Phi) is 2.56. The average molecular weight is 214 g/mol. The van der Waals surface area contributed by atoms with Crippen molar-refractivity contribution in [1.82, 2.24) is 14.8 Å². The Labute approximate surface area is 92.9 Å². The van der Waals surface area contributed by atoms with Gasteiger partial charge in [-0.15, -0.1) is 0 Å². The summed E-state index contributed by atoms with van der Waals surface area (Å²) in [5, 5.41) is 13.0. The number of hydrogen-bond donors (Lipinski definition) is 0. The molecular formula is C11H10N4O. The molecule has 0 unspecified atom stereocenters. The van der Waals surface area contributed by atoms with E-state index in [1.807, 2.05) is 13.0 Å². The molecule has 5 nitrogen and oxygen atoms in total. The number of aryl methyl sites for hydroxylation is 2. The number of hydrogen-bond acceptors (Lipinski definition) is 4. The van der Waals surface area contributed by atoms with Crippen LogP contribution in [0.3, 0.4) is 0 Å². The fourth-order valence-electron chi connectivity index (χ4n) is 1.35. The van der Waals surface area contributed by atoms with Crippen molar-refractivity contribution in [3.63, 3.8) is 0 Å². The molecule has 0 spiro atoms. The van der Waals surface area contributed by atoms with Gasteiger partial charge >= 0.3 is 0 Å². The number of rotatable bonds is 2. The van der Waals surface area contributed by atoms with Gasteiger partial charge in [0.1, 0.15) is 6.07 Å². The first-order valence-corrected chi connectivity index (χ1v) is 4.73. The van der Waals surface area contributed by atoms with Gasteiger partial charge in [0, 0.05) is 19.3 Å². The third kappa shape index (κ3) is 1.86. The largest absolute Gasteiger partial charge is 0.436 e. The molecule has 0 aromatic carbocycles. The Balaban J connectivity index is 2.34. The molecule has 0 atom stereocenters. The molecule has 80 valence electrons. The highest BCUT2D eigenvalue weighted by atomic mass is 16.5. The molecule has 0 saturated carbocycles. The summed E-state index contributed by atoms with van der Waals surface area (Å²) in [4.78, 5) is 3.92. The van der Waals surface area contributed by atoms with Crippen LogP contribution < -0.4 is 4.74 Å². The van der Waals surface area contributed by atoms with Crippen molar-refractivity contribution in [3.05, 3.63) is 35.8 Å². The molecule has 5 heteroatoms. The van der Waals surface area contributed by atoms with E-state index in [0.29, 0.717) is 17.2 Å². The van der Waals surface area contributed by atoms with Crippen molar-refractivity contribution in [3.8, 4) is 17.7 Å². The van der Waals surface area contributed by atoms with Crippen LogP contribution in [0.25, 0.3) is 0 Å². The second kappa shape index (κ2) is 4.03. The van der Waals surface area contributed by atoms with Crippen LogP contribution in [0.2, 0.25) is 0 Å². The monoisotopic (exact) mass is 214 g/mol. The van der Waals surface area contributed by atoms with Crippen LogP contribution in [0, 0.1) is 18.3 Å². The van der Waals surface area contributed by atoms with Gasteiger partial charge in [0.15, 0.2) is 5.75 Å². The van der Waals surface area contributed by atoms with Crippen LogP contribution in [-0.2, 0) is 7.05 Å². The molecule has 0 amide bonds. The molecule has 0 N–H and O–H groups in total. The van der Waals surface area contributed by atoms with Crippen LogP contribution in [0.5, 0.6) is 11.6 Å². The molecule has 0 fully saturated rings. The fourth-order valence-corrected chi connectivity index (χ4v) is 1.35. The molecule has 2 aromatic rings. The summed E-state index contributed by atoms with van der Waals surface area (Å²) in [7, 11) is 1.78. The Bertz CT molecular complexity index is 553. The van der Waals surface area contributed by atoms with E-state index in [-0.39, 0.29) is 0 Å². The molecule has 0 aliphatic carbocycles. The van der Waals surface area contributed by atoms with Crippen LogP contribution in [0.15, 0.2) is 24.5 Å². The van der Waals surface area contributed by atoms with E-state index in [2.05, 4.69) is 10.1 Å². The highest BCUT2D eigenvalue weighted by molar-refractivity contribution is 5.42. The first-order chi connectivity index (χ1) is 7.70. The van der Waals surface area contributed by atoms with Gasteiger partial charge in [-0.3, -0.25) is 4.98 Å². The normalized spacial score (nSPS) is 9.81. The molecule has 0 aliphatic heterocycles. The van der Waals surface area contributed by atoms with E-state index in [1.165, 1.54) is 6.20 Å². The van der Waals surface area contributed by atoms with Gasteiger partial charge in [-0.1, -0.05) is 0 Å². The summed E-state index contributed by atoms with van der Waals surface area (Å²) >= 11 is 0. The Morgan fingerprint density at radius 1 is 1.50 bits per heavy atom. The van der Waals surface area contributed by atoms with Crippen molar-refractivity contribution in [2.24, 2.45) is 7.05 Å². The number of pyridine rings is 1. The lowest BCUT2D eigenvalue weighted by Gasteiger charge is -2.05. The van der Waals surface area contributed by atoms with Crippen molar-refractivity contribution < 1.29 is 4.74 Å².